The third-order valence-electron chi connectivity index (χ3n) is 4.52. The Morgan fingerprint density at radius 1 is 1.15 bits per heavy atom. The maximum atomic E-state index is 12.5. The van der Waals surface area contributed by atoms with Gasteiger partial charge in [-0.25, -0.2) is 0 Å². The minimum Gasteiger partial charge on any atom is -0.350 e. The minimum atomic E-state index is -0.644. The minimum absolute atomic E-state index is 0.0391. The quantitative estimate of drug-likeness (QED) is 0.802. The van der Waals surface area contributed by atoms with E-state index in [1.54, 1.807) is 25.1 Å². The number of nitrogens with zero attached hydrogens (tertiary/aromatic N) is 1. The van der Waals surface area contributed by atoms with Crippen LogP contribution in [0.15, 0.2) is 41.8 Å². The van der Waals surface area contributed by atoms with Gasteiger partial charge >= 0.3 is 0 Å². The molecule has 2 N–H and O–H groups in total. The van der Waals surface area contributed by atoms with Gasteiger partial charge in [-0.1, -0.05) is 18.2 Å². The lowest BCUT2D eigenvalue weighted by Gasteiger charge is -2.16. The molecule has 7 heteroatoms. The van der Waals surface area contributed by atoms with Crippen molar-refractivity contribution >= 4 is 29.1 Å². The molecule has 0 spiro atoms. The Kier molecular flexibility index (Phi) is 6.24. The Bertz CT molecular complexity index is 814. The lowest BCUT2D eigenvalue weighted by Crippen LogP contribution is -2.44. The first kappa shape index (κ1) is 19.1. The standard InChI is InChI=1S/C20H23N3O3S/c1-14(22-19(25)17-8-5-11-27-17)18(24)21-13-15-6-4-7-16(12-15)20(26)23-9-2-3-10-23/h4-8,11-12,14H,2-3,9-10,13H2,1H3,(H,21,24)(H,22,25). The molecule has 0 radical (unpaired) electrons. The molecule has 1 aromatic carbocycles. The second-order valence-corrected chi connectivity index (χ2v) is 7.54. The van der Waals surface area contributed by atoms with E-state index in [1.165, 1.54) is 11.3 Å². The Labute approximate surface area is 162 Å². The van der Waals surface area contributed by atoms with Crippen molar-refractivity contribution in [3.63, 3.8) is 0 Å². The SMILES string of the molecule is CC(NC(=O)c1cccs1)C(=O)NCc1cccc(C(=O)N2CCCC2)c1. The highest BCUT2D eigenvalue weighted by Gasteiger charge is 2.20. The molecule has 2 heterocycles. The van der Waals surface area contributed by atoms with E-state index in [0.29, 0.717) is 17.0 Å². The third-order valence-corrected chi connectivity index (χ3v) is 5.39. The largest absolute Gasteiger partial charge is 0.350 e. The lowest BCUT2D eigenvalue weighted by molar-refractivity contribution is -0.122. The van der Waals surface area contributed by atoms with E-state index in [-0.39, 0.29) is 17.7 Å². The van der Waals surface area contributed by atoms with Crippen LogP contribution in [0.2, 0.25) is 0 Å². The Hall–Kier alpha value is -2.67. The van der Waals surface area contributed by atoms with Gasteiger partial charge in [0, 0.05) is 25.2 Å². The maximum absolute atomic E-state index is 12.5. The molecule has 3 amide bonds. The predicted molar refractivity (Wildman–Crippen MR) is 105 cm³/mol. The van der Waals surface area contributed by atoms with Gasteiger partial charge in [-0.05, 0) is 48.9 Å². The molecule has 1 unspecified atom stereocenters. The molecular weight excluding hydrogens is 362 g/mol. The smallest absolute Gasteiger partial charge is 0.261 e. The molecule has 3 rings (SSSR count). The van der Waals surface area contributed by atoms with Gasteiger partial charge in [0.2, 0.25) is 5.91 Å². The van der Waals surface area contributed by atoms with Gasteiger partial charge in [-0.15, -0.1) is 11.3 Å². The van der Waals surface area contributed by atoms with E-state index in [2.05, 4.69) is 10.6 Å². The zero-order valence-corrected chi connectivity index (χ0v) is 16.1. The molecule has 1 saturated heterocycles. The summed E-state index contributed by atoms with van der Waals surface area (Å²) in [6.45, 7) is 3.57. The second-order valence-electron chi connectivity index (χ2n) is 6.59. The van der Waals surface area contributed by atoms with Gasteiger partial charge in [-0.2, -0.15) is 0 Å². The topological polar surface area (TPSA) is 78.5 Å². The highest BCUT2D eigenvalue weighted by atomic mass is 32.1. The van der Waals surface area contributed by atoms with E-state index >= 15 is 0 Å². The monoisotopic (exact) mass is 385 g/mol. The Morgan fingerprint density at radius 2 is 1.93 bits per heavy atom. The number of thiophene rings is 1. The average molecular weight is 385 g/mol. The van der Waals surface area contributed by atoms with Crippen LogP contribution in [0, 0.1) is 0 Å². The highest BCUT2D eigenvalue weighted by molar-refractivity contribution is 7.12. The van der Waals surface area contributed by atoms with Crippen molar-refractivity contribution in [2.24, 2.45) is 0 Å². The highest BCUT2D eigenvalue weighted by Crippen LogP contribution is 2.14. The third kappa shape index (κ3) is 4.95. The number of benzene rings is 1. The van der Waals surface area contributed by atoms with Crippen LogP contribution in [-0.4, -0.2) is 41.8 Å². The summed E-state index contributed by atoms with van der Waals surface area (Å²) in [5.41, 5.74) is 1.49. The number of amides is 3. The molecule has 1 aromatic heterocycles. The Morgan fingerprint density at radius 3 is 2.63 bits per heavy atom. The van der Waals surface area contributed by atoms with Gasteiger partial charge < -0.3 is 15.5 Å². The second kappa shape index (κ2) is 8.81. The summed E-state index contributed by atoms with van der Waals surface area (Å²) in [5, 5.41) is 7.31. The van der Waals surface area contributed by atoms with Crippen molar-refractivity contribution in [2.45, 2.75) is 32.4 Å². The van der Waals surface area contributed by atoms with Crippen molar-refractivity contribution in [1.82, 2.24) is 15.5 Å². The number of hydrogen-bond donors (Lipinski definition) is 2. The summed E-state index contributed by atoms with van der Waals surface area (Å²) in [6.07, 6.45) is 2.10. The van der Waals surface area contributed by atoms with Gasteiger partial charge in [0.05, 0.1) is 4.88 Å². The van der Waals surface area contributed by atoms with Gasteiger partial charge in [-0.3, -0.25) is 14.4 Å². The molecule has 142 valence electrons. The molecule has 27 heavy (non-hydrogen) atoms. The van der Waals surface area contributed by atoms with Crippen molar-refractivity contribution in [3.8, 4) is 0 Å². The molecule has 1 aliphatic heterocycles. The van der Waals surface area contributed by atoms with E-state index in [9.17, 15) is 14.4 Å². The van der Waals surface area contributed by atoms with Gasteiger partial charge in [0.25, 0.3) is 11.8 Å². The van der Waals surface area contributed by atoms with Gasteiger partial charge in [0.15, 0.2) is 0 Å². The van der Waals surface area contributed by atoms with E-state index in [1.807, 2.05) is 28.5 Å². The maximum Gasteiger partial charge on any atom is 0.261 e. The number of carbonyl (C=O) groups excluding carboxylic acids is 3. The molecule has 1 fully saturated rings. The number of hydrogen-bond acceptors (Lipinski definition) is 4. The summed E-state index contributed by atoms with van der Waals surface area (Å²) in [5.74, 6) is -0.487. The summed E-state index contributed by atoms with van der Waals surface area (Å²) in [7, 11) is 0. The predicted octanol–water partition coefficient (Wildman–Crippen LogP) is 2.42. The van der Waals surface area contributed by atoms with Crippen LogP contribution < -0.4 is 10.6 Å². The molecule has 6 nitrogen and oxygen atoms in total. The number of nitrogens with one attached hydrogen (secondary N) is 2. The average Bonchev–Trinajstić information content (AvgIpc) is 3.39. The zero-order valence-electron chi connectivity index (χ0n) is 15.2. The lowest BCUT2D eigenvalue weighted by atomic mass is 10.1. The molecule has 1 atom stereocenters. The molecular formula is C20H23N3O3S. The van der Waals surface area contributed by atoms with E-state index in [0.717, 1.165) is 31.5 Å². The van der Waals surface area contributed by atoms with E-state index in [4.69, 9.17) is 0 Å². The van der Waals surface area contributed by atoms with Crippen molar-refractivity contribution < 1.29 is 14.4 Å². The van der Waals surface area contributed by atoms with Crippen LogP contribution in [0.25, 0.3) is 0 Å². The fourth-order valence-electron chi connectivity index (χ4n) is 3.00. The van der Waals surface area contributed by atoms with Crippen LogP contribution in [-0.2, 0) is 11.3 Å². The van der Waals surface area contributed by atoms with Crippen molar-refractivity contribution in [3.05, 3.63) is 57.8 Å². The fourth-order valence-corrected chi connectivity index (χ4v) is 3.63. The molecule has 2 aromatic rings. The zero-order chi connectivity index (χ0) is 19.2. The molecule has 0 aliphatic carbocycles. The van der Waals surface area contributed by atoms with Crippen LogP contribution in [0.4, 0.5) is 0 Å². The fraction of sp³-hybridized carbons (Fsp3) is 0.350. The summed E-state index contributed by atoms with van der Waals surface area (Å²) in [4.78, 5) is 39.2. The Balaban J connectivity index is 1.53. The van der Waals surface area contributed by atoms with E-state index < -0.39 is 6.04 Å². The number of likely N-dealkylation sites (tertiary alicyclic amines) is 1. The van der Waals surface area contributed by atoms with Crippen LogP contribution in [0.3, 0.4) is 0 Å². The van der Waals surface area contributed by atoms with Crippen LogP contribution >= 0.6 is 11.3 Å². The first-order chi connectivity index (χ1) is 13.0. The summed E-state index contributed by atoms with van der Waals surface area (Å²) < 4.78 is 0. The summed E-state index contributed by atoms with van der Waals surface area (Å²) >= 11 is 1.33. The van der Waals surface area contributed by atoms with Crippen LogP contribution in [0.1, 0.15) is 45.4 Å². The molecule has 1 aliphatic rings. The number of rotatable bonds is 6. The first-order valence-corrected chi connectivity index (χ1v) is 9.93. The molecule has 0 bridgehead atoms. The van der Waals surface area contributed by atoms with Gasteiger partial charge in [0.1, 0.15) is 6.04 Å². The van der Waals surface area contributed by atoms with Crippen LogP contribution in [0.5, 0.6) is 0 Å². The molecule has 0 saturated carbocycles. The number of carbonyl (C=O) groups is 3. The normalized spacial score (nSPS) is 14.6. The van der Waals surface area contributed by atoms with Crippen molar-refractivity contribution in [2.75, 3.05) is 13.1 Å². The van der Waals surface area contributed by atoms with Crippen molar-refractivity contribution in [1.29, 1.82) is 0 Å². The summed E-state index contributed by atoms with van der Waals surface area (Å²) in [6, 6.07) is 10.2. The first-order valence-electron chi connectivity index (χ1n) is 9.05.